The van der Waals surface area contributed by atoms with Gasteiger partial charge in [0.25, 0.3) is 0 Å². The molecule has 100 valence electrons. The van der Waals surface area contributed by atoms with Crippen molar-refractivity contribution >= 4 is 28.7 Å². The van der Waals surface area contributed by atoms with Crippen LogP contribution in [0.5, 0.6) is 5.75 Å². The Morgan fingerprint density at radius 1 is 1.21 bits per heavy atom. The molecular formula is C15H15ClO2S. The molecule has 0 spiro atoms. The van der Waals surface area contributed by atoms with E-state index >= 15 is 0 Å². The first-order valence-electron chi connectivity index (χ1n) is 5.89. The summed E-state index contributed by atoms with van der Waals surface area (Å²) in [5.41, 5.74) is 3.50. The number of benzene rings is 1. The van der Waals surface area contributed by atoms with Gasteiger partial charge in [0.2, 0.25) is 5.78 Å². The van der Waals surface area contributed by atoms with Crippen molar-refractivity contribution < 1.29 is 9.53 Å². The standard InChI is InChI=1S/C15H15ClO2S/c1-8-5-9(2)12(11(6-8)18-4)14(17)15-13(16)10(3)7-19-15/h5-7H,1-4H3. The summed E-state index contributed by atoms with van der Waals surface area (Å²) in [5, 5.41) is 2.43. The smallest absolute Gasteiger partial charge is 0.208 e. The van der Waals surface area contributed by atoms with Crippen LogP contribution in [0.3, 0.4) is 0 Å². The highest BCUT2D eigenvalue weighted by atomic mass is 35.5. The molecule has 1 heterocycles. The van der Waals surface area contributed by atoms with Crippen molar-refractivity contribution in [3.63, 3.8) is 0 Å². The number of methoxy groups -OCH3 is 1. The molecule has 0 aliphatic heterocycles. The first kappa shape index (κ1) is 14.1. The Balaban J connectivity index is 2.59. The molecule has 19 heavy (non-hydrogen) atoms. The lowest BCUT2D eigenvalue weighted by Crippen LogP contribution is -2.06. The predicted octanol–water partition coefficient (Wildman–Crippen LogP) is 4.57. The number of ether oxygens (including phenoxy) is 1. The van der Waals surface area contributed by atoms with Crippen LogP contribution < -0.4 is 4.74 Å². The van der Waals surface area contributed by atoms with Crippen molar-refractivity contribution in [1.29, 1.82) is 0 Å². The molecule has 2 nitrogen and oxygen atoms in total. The van der Waals surface area contributed by atoms with Crippen molar-refractivity contribution in [2.45, 2.75) is 20.8 Å². The number of rotatable bonds is 3. The molecule has 0 bridgehead atoms. The fourth-order valence-electron chi connectivity index (χ4n) is 2.08. The zero-order chi connectivity index (χ0) is 14.2. The van der Waals surface area contributed by atoms with Crippen molar-refractivity contribution in [1.82, 2.24) is 0 Å². The number of halogens is 1. The van der Waals surface area contributed by atoms with Crippen molar-refractivity contribution in [2.75, 3.05) is 7.11 Å². The molecule has 0 unspecified atom stereocenters. The molecule has 0 saturated heterocycles. The van der Waals surface area contributed by atoms with Gasteiger partial charge in [-0.3, -0.25) is 4.79 Å². The second-order valence-corrected chi connectivity index (χ2v) is 5.81. The second kappa shape index (κ2) is 5.35. The SMILES string of the molecule is COc1cc(C)cc(C)c1C(=O)c1scc(C)c1Cl. The van der Waals surface area contributed by atoms with Gasteiger partial charge in [-0.2, -0.15) is 0 Å². The van der Waals surface area contributed by atoms with Crippen LogP contribution in [0.1, 0.15) is 31.9 Å². The van der Waals surface area contributed by atoms with Gasteiger partial charge in [-0.1, -0.05) is 17.7 Å². The third-order valence-electron chi connectivity index (χ3n) is 3.00. The van der Waals surface area contributed by atoms with E-state index in [9.17, 15) is 4.79 Å². The number of hydrogen-bond acceptors (Lipinski definition) is 3. The maximum Gasteiger partial charge on any atom is 0.208 e. The third kappa shape index (κ3) is 2.53. The summed E-state index contributed by atoms with van der Waals surface area (Å²) < 4.78 is 5.34. The molecule has 0 fully saturated rings. The molecule has 0 aliphatic carbocycles. The van der Waals surface area contributed by atoms with Crippen molar-refractivity contribution in [3.8, 4) is 5.75 Å². The minimum Gasteiger partial charge on any atom is -0.496 e. The summed E-state index contributed by atoms with van der Waals surface area (Å²) in [5.74, 6) is 0.530. The summed E-state index contributed by atoms with van der Waals surface area (Å²) in [4.78, 5) is 13.2. The van der Waals surface area contributed by atoms with Crippen LogP contribution in [-0.4, -0.2) is 12.9 Å². The Labute approximate surface area is 122 Å². The van der Waals surface area contributed by atoms with Gasteiger partial charge in [0.1, 0.15) is 5.75 Å². The van der Waals surface area contributed by atoms with Crippen LogP contribution in [0.4, 0.5) is 0 Å². The Kier molecular flexibility index (Phi) is 3.97. The maximum absolute atomic E-state index is 12.6. The maximum atomic E-state index is 12.6. The van der Waals surface area contributed by atoms with E-state index in [1.165, 1.54) is 11.3 Å². The van der Waals surface area contributed by atoms with Crippen LogP contribution in [0.2, 0.25) is 5.02 Å². The van der Waals surface area contributed by atoms with E-state index < -0.39 is 0 Å². The van der Waals surface area contributed by atoms with Gasteiger partial charge in [0, 0.05) is 0 Å². The van der Waals surface area contributed by atoms with E-state index in [0.29, 0.717) is 21.2 Å². The van der Waals surface area contributed by atoms with Crippen LogP contribution >= 0.6 is 22.9 Å². The highest BCUT2D eigenvalue weighted by Crippen LogP contribution is 2.33. The van der Waals surface area contributed by atoms with Gasteiger partial charge in [-0.05, 0) is 48.9 Å². The van der Waals surface area contributed by atoms with Gasteiger partial charge in [0.15, 0.2) is 0 Å². The Morgan fingerprint density at radius 2 is 1.89 bits per heavy atom. The van der Waals surface area contributed by atoms with Gasteiger partial charge < -0.3 is 4.74 Å². The Morgan fingerprint density at radius 3 is 2.42 bits per heavy atom. The highest BCUT2D eigenvalue weighted by Gasteiger charge is 2.22. The molecule has 0 N–H and O–H groups in total. The molecule has 0 saturated carbocycles. The molecular weight excluding hydrogens is 280 g/mol. The number of thiophene rings is 1. The number of ketones is 1. The lowest BCUT2D eigenvalue weighted by molar-refractivity contribution is 0.103. The van der Waals surface area contributed by atoms with Crippen LogP contribution in [-0.2, 0) is 0 Å². The average Bonchev–Trinajstić information content (AvgIpc) is 2.68. The predicted molar refractivity (Wildman–Crippen MR) is 80.0 cm³/mol. The van der Waals surface area contributed by atoms with Crippen molar-refractivity contribution in [2.24, 2.45) is 0 Å². The zero-order valence-corrected chi connectivity index (χ0v) is 12.9. The molecule has 2 rings (SSSR count). The average molecular weight is 295 g/mol. The summed E-state index contributed by atoms with van der Waals surface area (Å²) in [6.07, 6.45) is 0. The molecule has 2 aromatic rings. The molecule has 0 amide bonds. The van der Waals surface area contributed by atoms with E-state index in [4.69, 9.17) is 16.3 Å². The quantitative estimate of drug-likeness (QED) is 0.775. The molecule has 0 atom stereocenters. The minimum absolute atomic E-state index is 0.0718. The fraction of sp³-hybridized carbons (Fsp3) is 0.267. The van der Waals surface area contributed by atoms with Gasteiger partial charge in [-0.15, -0.1) is 11.3 Å². The number of carbonyl (C=O) groups is 1. The highest BCUT2D eigenvalue weighted by molar-refractivity contribution is 7.13. The topological polar surface area (TPSA) is 26.3 Å². The van der Waals surface area contributed by atoms with E-state index in [1.54, 1.807) is 7.11 Å². The monoisotopic (exact) mass is 294 g/mol. The largest absolute Gasteiger partial charge is 0.496 e. The lowest BCUT2D eigenvalue weighted by atomic mass is 9.99. The van der Waals surface area contributed by atoms with Gasteiger partial charge >= 0.3 is 0 Å². The molecule has 1 aromatic heterocycles. The van der Waals surface area contributed by atoms with E-state index in [1.807, 2.05) is 38.3 Å². The van der Waals surface area contributed by atoms with E-state index in [-0.39, 0.29) is 5.78 Å². The second-order valence-electron chi connectivity index (χ2n) is 4.55. The molecule has 4 heteroatoms. The Bertz CT molecular complexity index is 644. The van der Waals surface area contributed by atoms with Gasteiger partial charge in [-0.25, -0.2) is 0 Å². The molecule has 0 aliphatic rings. The van der Waals surface area contributed by atoms with E-state index in [0.717, 1.165) is 16.7 Å². The summed E-state index contributed by atoms with van der Waals surface area (Å²) in [6, 6.07) is 3.85. The van der Waals surface area contributed by atoms with Crippen LogP contribution in [0.15, 0.2) is 17.5 Å². The number of aryl methyl sites for hydroxylation is 3. The summed E-state index contributed by atoms with van der Waals surface area (Å²) in [6.45, 7) is 5.79. The van der Waals surface area contributed by atoms with E-state index in [2.05, 4.69) is 0 Å². The molecule has 0 radical (unpaired) electrons. The summed E-state index contributed by atoms with van der Waals surface area (Å²) in [7, 11) is 1.58. The number of carbonyl (C=O) groups excluding carboxylic acids is 1. The number of hydrogen-bond donors (Lipinski definition) is 0. The third-order valence-corrected chi connectivity index (χ3v) is 4.69. The first-order valence-corrected chi connectivity index (χ1v) is 7.15. The normalized spacial score (nSPS) is 10.6. The summed E-state index contributed by atoms with van der Waals surface area (Å²) >= 11 is 7.56. The van der Waals surface area contributed by atoms with Crippen LogP contribution in [0, 0.1) is 20.8 Å². The minimum atomic E-state index is -0.0718. The van der Waals surface area contributed by atoms with Crippen LogP contribution in [0.25, 0.3) is 0 Å². The Hall–Kier alpha value is -1.32. The molecule has 1 aromatic carbocycles. The zero-order valence-electron chi connectivity index (χ0n) is 11.3. The fourth-order valence-corrected chi connectivity index (χ4v) is 3.30. The van der Waals surface area contributed by atoms with Gasteiger partial charge in [0.05, 0.1) is 22.6 Å². The first-order chi connectivity index (χ1) is 8.95. The van der Waals surface area contributed by atoms with Crippen molar-refractivity contribution in [3.05, 3.63) is 49.7 Å². The lowest BCUT2D eigenvalue weighted by Gasteiger charge is -2.11.